The Morgan fingerprint density at radius 2 is 2.33 bits per heavy atom. The number of amides is 2. The van der Waals surface area contributed by atoms with E-state index in [9.17, 15) is 4.79 Å². The van der Waals surface area contributed by atoms with Crippen LogP contribution < -0.4 is 10.6 Å². The number of terminal acetylenes is 1. The van der Waals surface area contributed by atoms with E-state index >= 15 is 0 Å². The van der Waals surface area contributed by atoms with Crippen LogP contribution in [0.15, 0.2) is 5.38 Å². The molecule has 0 aliphatic carbocycles. The Balaban J connectivity index is 2.39. The smallest absolute Gasteiger partial charge is 0.316 e. The van der Waals surface area contributed by atoms with E-state index in [0.29, 0.717) is 6.54 Å². The van der Waals surface area contributed by atoms with Gasteiger partial charge in [0.15, 0.2) is 0 Å². The highest BCUT2D eigenvalue weighted by molar-refractivity contribution is 7.09. The van der Waals surface area contributed by atoms with Crippen LogP contribution in [0.25, 0.3) is 0 Å². The second kappa shape index (κ2) is 7.02. The molecule has 0 bridgehead atoms. The number of nitrogens with zero attached hydrogens (tertiary/aromatic N) is 1. The fourth-order valence-electron chi connectivity index (χ4n) is 1.36. The van der Waals surface area contributed by atoms with Crippen LogP contribution in [-0.2, 0) is 13.0 Å². The third-order valence-corrected chi connectivity index (χ3v) is 3.51. The van der Waals surface area contributed by atoms with Crippen molar-refractivity contribution >= 4 is 17.4 Å². The number of aromatic nitrogens is 1. The first kappa shape index (κ1) is 14.5. The molecule has 0 saturated heterocycles. The Morgan fingerprint density at radius 1 is 1.61 bits per heavy atom. The van der Waals surface area contributed by atoms with Gasteiger partial charge in [-0.3, -0.25) is 0 Å². The van der Waals surface area contributed by atoms with Crippen molar-refractivity contribution in [2.45, 2.75) is 39.8 Å². The van der Waals surface area contributed by atoms with Crippen LogP contribution in [0.2, 0.25) is 0 Å². The minimum absolute atomic E-state index is 0.215. The van der Waals surface area contributed by atoms with Gasteiger partial charge in [-0.2, -0.15) is 0 Å². The Kier molecular flexibility index (Phi) is 5.66. The SMILES string of the molecule is C#C[C@H](NC(=O)NCc1csc(CC)n1)C(C)C. The van der Waals surface area contributed by atoms with Crippen LogP contribution in [0.5, 0.6) is 0 Å². The highest BCUT2D eigenvalue weighted by Crippen LogP contribution is 2.09. The lowest BCUT2D eigenvalue weighted by Crippen LogP contribution is -2.43. The molecule has 1 rings (SSSR count). The second-order valence-electron chi connectivity index (χ2n) is 4.30. The van der Waals surface area contributed by atoms with E-state index in [2.05, 4.69) is 28.5 Å². The summed E-state index contributed by atoms with van der Waals surface area (Å²) in [5.41, 5.74) is 0.883. The number of carbonyl (C=O) groups excluding carboxylic acids is 1. The first-order valence-corrected chi connectivity index (χ1v) is 6.88. The molecule has 1 heterocycles. The Hall–Kier alpha value is -1.54. The fraction of sp³-hybridized carbons (Fsp3) is 0.538. The predicted octanol–water partition coefficient (Wildman–Crippen LogP) is 2.16. The van der Waals surface area contributed by atoms with Gasteiger partial charge in [0, 0.05) is 5.38 Å². The quantitative estimate of drug-likeness (QED) is 0.802. The summed E-state index contributed by atoms with van der Waals surface area (Å²) in [5.74, 6) is 2.77. The zero-order chi connectivity index (χ0) is 13.5. The van der Waals surface area contributed by atoms with E-state index in [1.807, 2.05) is 19.2 Å². The summed E-state index contributed by atoms with van der Waals surface area (Å²) in [6, 6.07) is -0.496. The molecule has 1 aromatic heterocycles. The molecule has 2 N–H and O–H groups in total. The average molecular weight is 265 g/mol. The van der Waals surface area contributed by atoms with E-state index < -0.39 is 0 Å². The zero-order valence-corrected chi connectivity index (χ0v) is 11.8. The number of nitrogens with one attached hydrogen (secondary N) is 2. The van der Waals surface area contributed by atoms with Gasteiger partial charge >= 0.3 is 6.03 Å². The first-order valence-electron chi connectivity index (χ1n) is 6.00. The van der Waals surface area contributed by atoms with Crippen molar-refractivity contribution in [2.24, 2.45) is 5.92 Å². The summed E-state index contributed by atoms with van der Waals surface area (Å²) in [4.78, 5) is 16.0. The van der Waals surface area contributed by atoms with E-state index in [4.69, 9.17) is 6.42 Å². The molecule has 0 fully saturated rings. The molecule has 0 aliphatic rings. The topological polar surface area (TPSA) is 54.0 Å². The molecule has 5 heteroatoms. The summed E-state index contributed by atoms with van der Waals surface area (Å²) < 4.78 is 0. The number of aryl methyl sites for hydroxylation is 1. The van der Waals surface area contributed by atoms with Crippen LogP contribution in [0.4, 0.5) is 4.79 Å². The first-order chi connectivity index (χ1) is 8.56. The molecule has 0 radical (unpaired) electrons. The van der Waals surface area contributed by atoms with Gasteiger partial charge in [-0.25, -0.2) is 9.78 Å². The molecule has 1 aromatic rings. The predicted molar refractivity (Wildman–Crippen MR) is 74.3 cm³/mol. The van der Waals surface area contributed by atoms with Crippen molar-refractivity contribution in [1.29, 1.82) is 0 Å². The van der Waals surface area contributed by atoms with E-state index in [1.54, 1.807) is 11.3 Å². The molecular formula is C13H19N3OS. The summed E-state index contributed by atoms with van der Waals surface area (Å²) in [7, 11) is 0. The van der Waals surface area contributed by atoms with Crippen LogP contribution in [0, 0.1) is 18.3 Å². The highest BCUT2D eigenvalue weighted by Gasteiger charge is 2.13. The lowest BCUT2D eigenvalue weighted by Gasteiger charge is -2.16. The van der Waals surface area contributed by atoms with Gasteiger partial charge in [-0.1, -0.05) is 26.7 Å². The number of urea groups is 1. The van der Waals surface area contributed by atoms with Crippen molar-refractivity contribution in [3.8, 4) is 12.3 Å². The molecule has 0 spiro atoms. The van der Waals surface area contributed by atoms with Crippen LogP contribution in [0.1, 0.15) is 31.5 Å². The maximum atomic E-state index is 11.6. The largest absolute Gasteiger partial charge is 0.332 e. The molecule has 4 nitrogen and oxygen atoms in total. The van der Waals surface area contributed by atoms with Crippen LogP contribution >= 0.6 is 11.3 Å². The van der Waals surface area contributed by atoms with Gasteiger partial charge in [0.05, 0.1) is 23.3 Å². The second-order valence-corrected chi connectivity index (χ2v) is 5.24. The minimum atomic E-state index is -0.252. The molecule has 0 aromatic carbocycles. The van der Waals surface area contributed by atoms with Crippen LogP contribution in [-0.4, -0.2) is 17.1 Å². The third kappa shape index (κ3) is 4.38. The summed E-state index contributed by atoms with van der Waals surface area (Å²) in [6.45, 7) is 6.43. The van der Waals surface area contributed by atoms with Crippen molar-refractivity contribution in [2.75, 3.05) is 0 Å². The van der Waals surface area contributed by atoms with Crippen molar-refractivity contribution < 1.29 is 4.79 Å². The van der Waals surface area contributed by atoms with Gasteiger partial charge in [0.2, 0.25) is 0 Å². The monoisotopic (exact) mass is 265 g/mol. The molecule has 1 atom stereocenters. The van der Waals surface area contributed by atoms with E-state index in [-0.39, 0.29) is 18.0 Å². The van der Waals surface area contributed by atoms with Gasteiger partial charge < -0.3 is 10.6 Å². The highest BCUT2D eigenvalue weighted by atomic mass is 32.1. The molecule has 0 aliphatic heterocycles. The van der Waals surface area contributed by atoms with Crippen molar-refractivity contribution in [3.63, 3.8) is 0 Å². The lowest BCUT2D eigenvalue weighted by molar-refractivity contribution is 0.236. The molecule has 0 saturated carbocycles. The summed E-state index contributed by atoms with van der Waals surface area (Å²) in [6.07, 6.45) is 6.27. The molecule has 2 amide bonds. The number of hydrogen-bond donors (Lipinski definition) is 2. The Labute approximate surface area is 112 Å². The van der Waals surface area contributed by atoms with Gasteiger partial charge in [0.1, 0.15) is 0 Å². The number of rotatable bonds is 5. The lowest BCUT2D eigenvalue weighted by atomic mass is 10.1. The minimum Gasteiger partial charge on any atom is -0.332 e. The fourth-order valence-corrected chi connectivity index (χ4v) is 2.10. The Morgan fingerprint density at radius 3 is 2.83 bits per heavy atom. The van der Waals surface area contributed by atoms with E-state index in [1.165, 1.54) is 0 Å². The number of thiazole rings is 1. The zero-order valence-electron chi connectivity index (χ0n) is 11.0. The van der Waals surface area contributed by atoms with Gasteiger partial charge in [-0.15, -0.1) is 17.8 Å². The third-order valence-electron chi connectivity index (χ3n) is 2.46. The standard InChI is InChI=1S/C13H19N3OS/c1-5-11(9(3)4)16-13(17)14-7-10-8-18-12(6-2)15-10/h1,8-9,11H,6-7H2,2-4H3,(H2,14,16,17)/t11-/m0/s1. The van der Waals surface area contributed by atoms with Gasteiger partial charge in [0.25, 0.3) is 0 Å². The van der Waals surface area contributed by atoms with Crippen molar-refractivity contribution in [3.05, 3.63) is 16.1 Å². The normalized spacial score (nSPS) is 11.9. The molecular weight excluding hydrogens is 246 g/mol. The maximum absolute atomic E-state index is 11.6. The van der Waals surface area contributed by atoms with Gasteiger partial charge in [-0.05, 0) is 12.3 Å². The number of carbonyl (C=O) groups is 1. The average Bonchev–Trinajstić information content (AvgIpc) is 2.81. The molecule has 0 unspecified atom stereocenters. The van der Waals surface area contributed by atoms with Crippen LogP contribution in [0.3, 0.4) is 0 Å². The Bertz CT molecular complexity index is 434. The molecule has 98 valence electrons. The number of hydrogen-bond acceptors (Lipinski definition) is 3. The summed E-state index contributed by atoms with van der Waals surface area (Å²) >= 11 is 1.61. The van der Waals surface area contributed by atoms with Crippen molar-refractivity contribution in [1.82, 2.24) is 15.6 Å². The maximum Gasteiger partial charge on any atom is 0.316 e. The molecule has 18 heavy (non-hydrogen) atoms. The summed E-state index contributed by atoms with van der Waals surface area (Å²) in [5, 5.41) is 8.54. The van der Waals surface area contributed by atoms with E-state index in [0.717, 1.165) is 17.1 Å².